The van der Waals surface area contributed by atoms with Crippen molar-refractivity contribution in [1.82, 2.24) is 5.16 Å². The van der Waals surface area contributed by atoms with Crippen molar-refractivity contribution < 1.29 is 19.5 Å². The largest absolute Gasteiger partial charge is 0.507 e. The summed E-state index contributed by atoms with van der Waals surface area (Å²) in [5, 5.41) is 22.3. The van der Waals surface area contributed by atoms with Crippen molar-refractivity contribution in [2.45, 2.75) is 13.8 Å². The van der Waals surface area contributed by atoms with Crippen molar-refractivity contribution in [2.24, 2.45) is 0 Å². The van der Waals surface area contributed by atoms with E-state index in [1.54, 1.807) is 13.8 Å². The van der Waals surface area contributed by atoms with Gasteiger partial charge in [0.15, 0.2) is 11.5 Å². The number of aromatic nitrogens is 1. The van der Waals surface area contributed by atoms with Crippen molar-refractivity contribution >= 4 is 21.9 Å². The molecule has 94 valence electrons. The predicted octanol–water partition coefficient (Wildman–Crippen LogP) is 3.12. The van der Waals surface area contributed by atoms with Gasteiger partial charge < -0.3 is 14.7 Å². The Balaban J connectivity index is 2.63. The van der Waals surface area contributed by atoms with E-state index >= 15 is 0 Å². The van der Waals surface area contributed by atoms with Gasteiger partial charge in [-0.25, -0.2) is 4.79 Å². The van der Waals surface area contributed by atoms with Crippen molar-refractivity contribution in [3.05, 3.63) is 33.4 Å². The van der Waals surface area contributed by atoms with Gasteiger partial charge in [-0.2, -0.15) is 0 Å². The number of carboxylic acid groups (broad SMARTS) is 1. The zero-order valence-corrected chi connectivity index (χ0v) is 11.3. The number of carboxylic acids is 1. The SMILES string of the molecule is Cc1cc(Br)c(C)c(O)c1-c1cc(C(=O)O)no1. The normalized spacial score (nSPS) is 10.6. The molecule has 1 aromatic heterocycles. The highest BCUT2D eigenvalue weighted by Crippen LogP contribution is 2.38. The van der Waals surface area contributed by atoms with Gasteiger partial charge >= 0.3 is 5.97 Å². The van der Waals surface area contributed by atoms with Gasteiger partial charge in [-0.3, -0.25) is 0 Å². The smallest absolute Gasteiger partial charge is 0.358 e. The quantitative estimate of drug-likeness (QED) is 0.890. The minimum atomic E-state index is -1.17. The van der Waals surface area contributed by atoms with Crippen LogP contribution in [0, 0.1) is 13.8 Å². The van der Waals surface area contributed by atoms with E-state index in [9.17, 15) is 9.90 Å². The molecule has 0 amide bonds. The molecule has 0 unspecified atom stereocenters. The zero-order chi connectivity index (χ0) is 13.4. The molecular formula is C12H10BrNO4. The summed E-state index contributed by atoms with van der Waals surface area (Å²) in [7, 11) is 0. The van der Waals surface area contributed by atoms with E-state index in [4.69, 9.17) is 9.63 Å². The van der Waals surface area contributed by atoms with E-state index in [0.29, 0.717) is 11.1 Å². The second-order valence-electron chi connectivity index (χ2n) is 3.91. The second-order valence-corrected chi connectivity index (χ2v) is 4.76. The van der Waals surface area contributed by atoms with E-state index in [-0.39, 0.29) is 17.2 Å². The van der Waals surface area contributed by atoms with E-state index in [1.165, 1.54) is 6.07 Å². The first-order valence-electron chi connectivity index (χ1n) is 5.11. The van der Waals surface area contributed by atoms with Crippen molar-refractivity contribution in [3.8, 4) is 17.1 Å². The van der Waals surface area contributed by atoms with Gasteiger partial charge in [0.1, 0.15) is 5.75 Å². The lowest BCUT2D eigenvalue weighted by molar-refractivity contribution is 0.0686. The van der Waals surface area contributed by atoms with Crippen LogP contribution in [0.3, 0.4) is 0 Å². The number of halogens is 1. The molecule has 0 aliphatic carbocycles. The first kappa shape index (κ1) is 12.6. The van der Waals surface area contributed by atoms with Gasteiger partial charge in [-0.15, -0.1) is 0 Å². The van der Waals surface area contributed by atoms with Gasteiger partial charge in [0.05, 0.1) is 5.56 Å². The predicted molar refractivity (Wildman–Crippen MR) is 67.7 cm³/mol. The highest BCUT2D eigenvalue weighted by molar-refractivity contribution is 9.10. The Morgan fingerprint density at radius 3 is 2.61 bits per heavy atom. The number of aryl methyl sites for hydroxylation is 1. The van der Waals surface area contributed by atoms with Gasteiger partial charge in [-0.05, 0) is 25.5 Å². The topological polar surface area (TPSA) is 83.6 Å². The Kier molecular flexibility index (Phi) is 3.13. The average Bonchev–Trinajstić information content (AvgIpc) is 2.75. The lowest BCUT2D eigenvalue weighted by atomic mass is 10.0. The Morgan fingerprint density at radius 2 is 2.06 bits per heavy atom. The number of aromatic hydroxyl groups is 1. The highest BCUT2D eigenvalue weighted by atomic mass is 79.9. The van der Waals surface area contributed by atoms with Crippen molar-refractivity contribution in [1.29, 1.82) is 0 Å². The Hall–Kier alpha value is -1.82. The van der Waals surface area contributed by atoms with E-state index in [2.05, 4.69) is 21.1 Å². The van der Waals surface area contributed by atoms with Crippen LogP contribution in [0.1, 0.15) is 21.6 Å². The molecule has 0 saturated carbocycles. The summed E-state index contributed by atoms with van der Waals surface area (Å²) in [6.07, 6.45) is 0. The van der Waals surface area contributed by atoms with Gasteiger partial charge in [-0.1, -0.05) is 21.1 Å². The maximum Gasteiger partial charge on any atom is 0.358 e. The molecule has 2 N–H and O–H groups in total. The molecule has 0 atom stereocenters. The molecule has 1 aromatic carbocycles. The number of phenols is 1. The first-order chi connectivity index (χ1) is 8.41. The molecule has 0 spiro atoms. The fraction of sp³-hybridized carbons (Fsp3) is 0.167. The molecule has 2 aromatic rings. The van der Waals surface area contributed by atoms with Crippen molar-refractivity contribution in [2.75, 3.05) is 0 Å². The summed E-state index contributed by atoms with van der Waals surface area (Å²) in [5.74, 6) is -0.885. The third-order valence-electron chi connectivity index (χ3n) is 2.66. The third kappa shape index (κ3) is 1.99. The molecule has 6 heteroatoms. The molecule has 5 nitrogen and oxygen atoms in total. The maximum absolute atomic E-state index is 10.7. The van der Waals surface area contributed by atoms with Crippen LogP contribution < -0.4 is 0 Å². The Morgan fingerprint density at radius 1 is 1.39 bits per heavy atom. The molecular weight excluding hydrogens is 302 g/mol. The third-order valence-corrected chi connectivity index (χ3v) is 3.49. The summed E-state index contributed by atoms with van der Waals surface area (Å²) >= 11 is 3.33. The van der Waals surface area contributed by atoms with Crippen molar-refractivity contribution in [3.63, 3.8) is 0 Å². The van der Waals surface area contributed by atoms with Gasteiger partial charge in [0.25, 0.3) is 0 Å². The van der Waals surface area contributed by atoms with E-state index in [0.717, 1.165) is 10.0 Å². The molecule has 2 rings (SSSR count). The monoisotopic (exact) mass is 311 g/mol. The van der Waals surface area contributed by atoms with E-state index < -0.39 is 5.97 Å². The molecule has 0 bridgehead atoms. The van der Waals surface area contributed by atoms with Crippen LogP contribution in [0.4, 0.5) is 0 Å². The number of benzene rings is 1. The number of hydrogen-bond donors (Lipinski definition) is 2. The van der Waals surface area contributed by atoms with Crippen LogP contribution in [-0.2, 0) is 0 Å². The first-order valence-corrected chi connectivity index (χ1v) is 5.90. The van der Waals surface area contributed by atoms with Gasteiger partial charge in [0.2, 0.25) is 0 Å². The molecule has 0 aliphatic rings. The summed E-state index contributed by atoms with van der Waals surface area (Å²) in [6, 6.07) is 3.12. The number of rotatable bonds is 2. The van der Waals surface area contributed by atoms with Crippen LogP contribution >= 0.6 is 15.9 Å². The fourth-order valence-electron chi connectivity index (χ4n) is 1.66. The summed E-state index contributed by atoms with van der Waals surface area (Å²) < 4.78 is 5.74. The molecule has 0 saturated heterocycles. The molecule has 0 radical (unpaired) electrons. The lowest BCUT2D eigenvalue weighted by Crippen LogP contribution is -1.94. The maximum atomic E-state index is 10.7. The standard InChI is InChI=1S/C12H10BrNO4/c1-5-3-7(13)6(2)11(15)10(5)9-4-8(12(16)17)14-18-9/h3-4,15H,1-2H3,(H,16,17). The Bertz CT molecular complexity index is 633. The van der Waals surface area contributed by atoms with Gasteiger partial charge in [0, 0.05) is 16.1 Å². The minimum absolute atomic E-state index is 0.0509. The van der Waals surface area contributed by atoms with E-state index in [1.807, 2.05) is 6.07 Å². The van der Waals surface area contributed by atoms with Crippen LogP contribution in [0.2, 0.25) is 0 Å². The molecule has 18 heavy (non-hydrogen) atoms. The molecule has 0 fully saturated rings. The number of nitrogens with zero attached hydrogens (tertiary/aromatic N) is 1. The Labute approximate surface area is 111 Å². The van der Waals surface area contributed by atoms with Crippen LogP contribution in [0.25, 0.3) is 11.3 Å². The lowest BCUT2D eigenvalue weighted by Gasteiger charge is -2.09. The highest BCUT2D eigenvalue weighted by Gasteiger charge is 2.19. The molecule has 1 heterocycles. The summed E-state index contributed by atoms with van der Waals surface area (Å²) in [5.41, 5.74) is 1.68. The average molecular weight is 312 g/mol. The number of phenolic OH excluding ortho intramolecular Hbond substituents is 1. The number of hydrogen-bond acceptors (Lipinski definition) is 4. The zero-order valence-electron chi connectivity index (χ0n) is 9.69. The second kappa shape index (κ2) is 4.45. The van der Waals surface area contributed by atoms with Crippen LogP contribution in [0.15, 0.2) is 21.1 Å². The number of carbonyl (C=O) groups is 1. The van der Waals surface area contributed by atoms with Crippen LogP contribution in [0.5, 0.6) is 5.75 Å². The summed E-state index contributed by atoms with van der Waals surface area (Å²) in [4.78, 5) is 10.7. The summed E-state index contributed by atoms with van der Waals surface area (Å²) in [6.45, 7) is 3.54. The molecule has 0 aliphatic heterocycles. The minimum Gasteiger partial charge on any atom is -0.507 e. The number of aromatic carboxylic acids is 1. The fourth-order valence-corrected chi connectivity index (χ4v) is 2.19. The van der Waals surface area contributed by atoms with Crippen LogP contribution in [-0.4, -0.2) is 21.3 Å².